The van der Waals surface area contributed by atoms with Crippen LogP contribution in [0.1, 0.15) is 16.7 Å². The Hall–Kier alpha value is -3.14. The Labute approximate surface area is 147 Å². The number of nitrogens with zero attached hydrogens (tertiary/aromatic N) is 1. The molecule has 1 N–H and O–H groups in total. The normalized spacial score (nSPS) is 11.0. The topological polar surface area (TPSA) is 50.7 Å². The van der Waals surface area contributed by atoms with Crippen LogP contribution in [0.15, 0.2) is 65.8 Å². The summed E-state index contributed by atoms with van der Waals surface area (Å²) in [5, 5.41) is 6.27. The number of hydrogen-bond acceptors (Lipinski definition) is 3. The van der Waals surface area contributed by atoms with E-state index in [1.54, 1.807) is 6.21 Å². The first-order valence-corrected chi connectivity index (χ1v) is 8.13. The number of amides is 1. The smallest absolute Gasteiger partial charge is 0.277 e. The molecule has 0 bridgehead atoms. The summed E-state index contributed by atoms with van der Waals surface area (Å²) in [6, 6.07) is 19.9. The predicted molar refractivity (Wildman–Crippen MR) is 101 cm³/mol. The van der Waals surface area contributed by atoms with E-state index in [0.717, 1.165) is 27.5 Å². The Bertz CT molecular complexity index is 927. The molecule has 0 aliphatic rings. The Morgan fingerprint density at radius 2 is 1.88 bits per heavy atom. The van der Waals surface area contributed by atoms with Crippen molar-refractivity contribution in [2.24, 2.45) is 5.10 Å². The van der Waals surface area contributed by atoms with Crippen LogP contribution in [0.4, 0.5) is 0 Å². The van der Waals surface area contributed by atoms with E-state index in [2.05, 4.69) is 10.5 Å². The highest BCUT2D eigenvalue weighted by atomic mass is 16.5. The van der Waals surface area contributed by atoms with Crippen molar-refractivity contribution in [3.8, 4) is 5.75 Å². The van der Waals surface area contributed by atoms with Gasteiger partial charge in [-0.3, -0.25) is 4.79 Å². The molecule has 0 spiro atoms. The van der Waals surface area contributed by atoms with Gasteiger partial charge in [-0.15, -0.1) is 0 Å². The van der Waals surface area contributed by atoms with Crippen LogP contribution >= 0.6 is 0 Å². The van der Waals surface area contributed by atoms with Gasteiger partial charge in [0.1, 0.15) is 5.75 Å². The van der Waals surface area contributed by atoms with Crippen LogP contribution in [0.25, 0.3) is 10.8 Å². The van der Waals surface area contributed by atoms with Crippen LogP contribution in [0, 0.1) is 13.8 Å². The van der Waals surface area contributed by atoms with Gasteiger partial charge in [0.25, 0.3) is 5.91 Å². The third-order valence-corrected chi connectivity index (χ3v) is 3.92. The second kappa shape index (κ2) is 7.62. The van der Waals surface area contributed by atoms with Gasteiger partial charge in [-0.2, -0.15) is 5.10 Å². The molecule has 0 saturated carbocycles. The van der Waals surface area contributed by atoms with Crippen molar-refractivity contribution in [3.05, 3.63) is 77.4 Å². The van der Waals surface area contributed by atoms with Gasteiger partial charge in [0, 0.05) is 5.56 Å². The second-order valence-corrected chi connectivity index (χ2v) is 5.92. The molecule has 3 aromatic rings. The minimum absolute atomic E-state index is 0.0723. The monoisotopic (exact) mass is 332 g/mol. The average Bonchev–Trinajstić information content (AvgIpc) is 2.62. The minimum atomic E-state index is -0.294. The maximum atomic E-state index is 11.9. The Kier molecular flexibility index (Phi) is 5.09. The molecule has 126 valence electrons. The SMILES string of the molecule is Cc1ccc(C)c(OCC(=O)NN=Cc2cccc3ccccc23)c1. The fraction of sp³-hybridized carbons (Fsp3) is 0.143. The molecule has 0 heterocycles. The molecule has 3 aromatic carbocycles. The number of rotatable bonds is 5. The Morgan fingerprint density at radius 3 is 2.76 bits per heavy atom. The average molecular weight is 332 g/mol. The number of benzene rings is 3. The molecule has 0 radical (unpaired) electrons. The van der Waals surface area contributed by atoms with Crippen LogP contribution in [-0.4, -0.2) is 18.7 Å². The zero-order chi connectivity index (χ0) is 17.6. The quantitative estimate of drug-likeness (QED) is 0.567. The summed E-state index contributed by atoms with van der Waals surface area (Å²) in [5.41, 5.74) is 5.55. The van der Waals surface area contributed by atoms with Gasteiger partial charge in [0.2, 0.25) is 0 Å². The number of carbonyl (C=O) groups is 1. The maximum Gasteiger partial charge on any atom is 0.277 e. The molecule has 4 heteroatoms. The van der Waals surface area contributed by atoms with E-state index in [4.69, 9.17) is 4.74 Å². The third-order valence-electron chi connectivity index (χ3n) is 3.92. The van der Waals surface area contributed by atoms with E-state index in [-0.39, 0.29) is 12.5 Å². The van der Waals surface area contributed by atoms with E-state index in [1.807, 2.05) is 74.5 Å². The standard InChI is InChI=1S/C21H20N2O2/c1-15-10-11-16(2)20(12-15)25-14-21(24)23-22-13-18-8-5-7-17-6-3-4-9-19(17)18/h3-13H,14H2,1-2H3,(H,23,24). The molecular weight excluding hydrogens is 312 g/mol. The van der Waals surface area contributed by atoms with E-state index < -0.39 is 0 Å². The van der Waals surface area contributed by atoms with Crippen molar-refractivity contribution >= 4 is 22.9 Å². The van der Waals surface area contributed by atoms with Gasteiger partial charge in [0.15, 0.2) is 6.61 Å². The molecule has 0 aliphatic heterocycles. The van der Waals surface area contributed by atoms with Crippen LogP contribution in [-0.2, 0) is 4.79 Å². The summed E-state index contributed by atoms with van der Waals surface area (Å²) < 4.78 is 5.57. The zero-order valence-electron chi connectivity index (χ0n) is 14.3. The van der Waals surface area contributed by atoms with Crippen molar-refractivity contribution in [2.75, 3.05) is 6.61 Å². The summed E-state index contributed by atoms with van der Waals surface area (Å²) in [4.78, 5) is 11.9. The molecule has 0 aromatic heterocycles. The van der Waals surface area contributed by atoms with Gasteiger partial charge < -0.3 is 4.74 Å². The molecule has 4 nitrogen and oxygen atoms in total. The van der Waals surface area contributed by atoms with Gasteiger partial charge in [-0.05, 0) is 41.8 Å². The number of aryl methyl sites for hydroxylation is 2. The lowest BCUT2D eigenvalue weighted by Gasteiger charge is -2.08. The highest BCUT2D eigenvalue weighted by Gasteiger charge is 2.04. The van der Waals surface area contributed by atoms with Crippen molar-refractivity contribution in [2.45, 2.75) is 13.8 Å². The van der Waals surface area contributed by atoms with Gasteiger partial charge in [-0.1, -0.05) is 54.6 Å². The number of hydrazone groups is 1. The first-order chi connectivity index (χ1) is 12.1. The van der Waals surface area contributed by atoms with Gasteiger partial charge >= 0.3 is 0 Å². The molecule has 3 rings (SSSR count). The van der Waals surface area contributed by atoms with Crippen molar-refractivity contribution in [1.29, 1.82) is 0 Å². The lowest BCUT2D eigenvalue weighted by Crippen LogP contribution is -2.24. The number of nitrogens with one attached hydrogen (secondary N) is 1. The fourth-order valence-electron chi connectivity index (χ4n) is 2.58. The molecule has 25 heavy (non-hydrogen) atoms. The van der Waals surface area contributed by atoms with Crippen molar-refractivity contribution in [1.82, 2.24) is 5.43 Å². The lowest BCUT2D eigenvalue weighted by molar-refractivity contribution is -0.123. The molecule has 1 amide bonds. The molecule has 0 atom stereocenters. The first kappa shape index (κ1) is 16.7. The predicted octanol–water partition coefficient (Wildman–Crippen LogP) is 3.99. The lowest BCUT2D eigenvalue weighted by atomic mass is 10.1. The highest BCUT2D eigenvalue weighted by Crippen LogP contribution is 2.19. The Morgan fingerprint density at radius 1 is 1.08 bits per heavy atom. The number of hydrogen-bond donors (Lipinski definition) is 1. The van der Waals surface area contributed by atoms with E-state index in [0.29, 0.717) is 5.75 Å². The van der Waals surface area contributed by atoms with E-state index in [1.165, 1.54) is 0 Å². The minimum Gasteiger partial charge on any atom is -0.483 e. The van der Waals surface area contributed by atoms with E-state index in [9.17, 15) is 4.79 Å². The molecular formula is C21H20N2O2. The number of carbonyl (C=O) groups excluding carboxylic acids is 1. The summed E-state index contributed by atoms with van der Waals surface area (Å²) in [6.07, 6.45) is 1.65. The van der Waals surface area contributed by atoms with Gasteiger partial charge in [-0.25, -0.2) is 5.43 Å². The van der Waals surface area contributed by atoms with Crippen LogP contribution in [0.3, 0.4) is 0 Å². The van der Waals surface area contributed by atoms with Crippen LogP contribution in [0.2, 0.25) is 0 Å². The van der Waals surface area contributed by atoms with Crippen LogP contribution in [0.5, 0.6) is 5.75 Å². The largest absolute Gasteiger partial charge is 0.483 e. The fourth-order valence-corrected chi connectivity index (χ4v) is 2.58. The van der Waals surface area contributed by atoms with Gasteiger partial charge in [0.05, 0.1) is 6.21 Å². The van der Waals surface area contributed by atoms with Crippen molar-refractivity contribution in [3.63, 3.8) is 0 Å². The number of fused-ring (bicyclic) bond motifs is 1. The zero-order valence-corrected chi connectivity index (χ0v) is 14.3. The van der Waals surface area contributed by atoms with Crippen molar-refractivity contribution < 1.29 is 9.53 Å². The molecule has 0 unspecified atom stereocenters. The molecule has 0 saturated heterocycles. The number of ether oxygens (including phenoxy) is 1. The molecule has 0 aliphatic carbocycles. The summed E-state index contributed by atoms with van der Waals surface area (Å²) >= 11 is 0. The summed E-state index contributed by atoms with van der Waals surface area (Å²) in [5.74, 6) is 0.422. The maximum absolute atomic E-state index is 11.9. The van der Waals surface area contributed by atoms with E-state index >= 15 is 0 Å². The highest BCUT2D eigenvalue weighted by molar-refractivity contribution is 5.99. The summed E-state index contributed by atoms with van der Waals surface area (Å²) in [6.45, 7) is 3.86. The first-order valence-electron chi connectivity index (χ1n) is 8.13. The second-order valence-electron chi connectivity index (χ2n) is 5.92. The Balaban J connectivity index is 1.60. The molecule has 0 fully saturated rings. The summed E-state index contributed by atoms with van der Waals surface area (Å²) in [7, 11) is 0. The third kappa shape index (κ3) is 4.23. The van der Waals surface area contributed by atoms with Crippen LogP contribution < -0.4 is 10.2 Å².